The Morgan fingerprint density at radius 3 is 2.25 bits per heavy atom. The van der Waals surface area contributed by atoms with E-state index in [1.165, 1.54) is 18.2 Å². The molecule has 0 unspecified atom stereocenters. The fourth-order valence-corrected chi connectivity index (χ4v) is 3.66. The topological polar surface area (TPSA) is 118 Å². The molecule has 0 bridgehead atoms. The van der Waals surface area contributed by atoms with Crippen molar-refractivity contribution in [2.75, 3.05) is 10.8 Å². The molecule has 1 N–H and O–H groups in total. The summed E-state index contributed by atoms with van der Waals surface area (Å²) in [7, 11) is -4.27. The molecular weight excluding hydrogens is 360 g/mol. The minimum absolute atomic E-state index is 0.0000746. The number of sulfonamides is 1. The normalized spacial score (nSPS) is 11.0. The number of anilines is 1. The molecule has 0 radical (unpaired) electrons. The van der Waals surface area contributed by atoms with Crippen molar-refractivity contribution in [1.82, 2.24) is 0 Å². The summed E-state index contributed by atoms with van der Waals surface area (Å²) < 4.78 is 26.1. The van der Waals surface area contributed by atoms with Crippen LogP contribution in [0.15, 0.2) is 53.4 Å². The van der Waals surface area contributed by atoms with Gasteiger partial charge in [-0.3, -0.25) is 19.2 Å². The molecule has 0 atom stereocenters. The number of hydrogen-bond acceptors (Lipinski definition) is 5. The van der Waals surface area contributed by atoms with Crippen LogP contribution in [0.4, 0.5) is 11.4 Å². The average molecular weight is 371 g/mol. The van der Waals surface area contributed by atoms with E-state index in [-0.39, 0.29) is 21.3 Å². The Bertz CT molecular complexity index is 882. The zero-order chi connectivity index (χ0) is 17.9. The predicted molar refractivity (Wildman–Crippen MR) is 86.7 cm³/mol. The molecular formula is C14H11ClN2O6S. The highest BCUT2D eigenvalue weighted by atomic mass is 35.5. The van der Waals surface area contributed by atoms with Gasteiger partial charge in [0.15, 0.2) is 0 Å². The highest BCUT2D eigenvalue weighted by Crippen LogP contribution is 2.30. The van der Waals surface area contributed by atoms with Gasteiger partial charge in [0.05, 0.1) is 20.5 Å². The lowest BCUT2D eigenvalue weighted by molar-refractivity contribution is -0.384. The van der Waals surface area contributed by atoms with E-state index in [0.717, 1.165) is 24.3 Å². The van der Waals surface area contributed by atoms with Crippen LogP contribution >= 0.6 is 11.6 Å². The number of nitro benzene ring substituents is 1. The Hall–Kier alpha value is -2.65. The molecule has 0 spiro atoms. The van der Waals surface area contributed by atoms with Gasteiger partial charge in [0, 0.05) is 12.1 Å². The van der Waals surface area contributed by atoms with E-state index < -0.39 is 27.5 Å². The number of hydrogen-bond donors (Lipinski definition) is 1. The van der Waals surface area contributed by atoms with Gasteiger partial charge in [0.1, 0.15) is 6.54 Å². The van der Waals surface area contributed by atoms with Crippen molar-refractivity contribution >= 4 is 39.0 Å². The Labute approximate surface area is 142 Å². The van der Waals surface area contributed by atoms with Gasteiger partial charge in [-0.05, 0) is 24.3 Å². The third-order valence-electron chi connectivity index (χ3n) is 3.04. The van der Waals surface area contributed by atoms with E-state index in [2.05, 4.69) is 0 Å². The number of benzene rings is 2. The van der Waals surface area contributed by atoms with E-state index in [4.69, 9.17) is 16.7 Å². The highest BCUT2D eigenvalue weighted by molar-refractivity contribution is 7.92. The van der Waals surface area contributed by atoms with Crippen molar-refractivity contribution in [3.8, 4) is 0 Å². The van der Waals surface area contributed by atoms with Gasteiger partial charge in [0.2, 0.25) is 0 Å². The number of carboxylic acid groups (broad SMARTS) is 1. The fraction of sp³-hybridized carbons (Fsp3) is 0.0714. The van der Waals surface area contributed by atoms with Gasteiger partial charge in [0.25, 0.3) is 15.7 Å². The van der Waals surface area contributed by atoms with Crippen molar-refractivity contribution in [3.05, 3.63) is 63.7 Å². The smallest absolute Gasteiger partial charge is 0.324 e. The summed E-state index contributed by atoms with van der Waals surface area (Å²) in [6.07, 6.45) is 0. The molecule has 0 saturated heterocycles. The third-order valence-corrected chi connectivity index (χ3v) is 5.13. The second-order valence-electron chi connectivity index (χ2n) is 4.61. The number of rotatable bonds is 6. The lowest BCUT2D eigenvalue weighted by Crippen LogP contribution is -2.36. The predicted octanol–water partition coefficient (Wildman–Crippen LogP) is 2.53. The van der Waals surface area contributed by atoms with E-state index in [1.807, 2.05) is 0 Å². The SMILES string of the molecule is O=C(O)CN(c1ccccc1Cl)S(=O)(=O)c1ccc([N+](=O)[O-])cc1. The number of non-ortho nitro benzene ring substituents is 1. The summed E-state index contributed by atoms with van der Waals surface area (Å²) in [4.78, 5) is 20.8. The maximum atomic E-state index is 12.7. The second kappa shape index (κ2) is 6.85. The van der Waals surface area contributed by atoms with Crippen LogP contribution in [0.25, 0.3) is 0 Å². The monoisotopic (exact) mass is 370 g/mol. The van der Waals surface area contributed by atoms with Crippen LogP contribution in [0.3, 0.4) is 0 Å². The highest BCUT2D eigenvalue weighted by Gasteiger charge is 2.28. The Morgan fingerprint density at radius 1 is 1.17 bits per heavy atom. The van der Waals surface area contributed by atoms with Crippen LogP contribution in [0, 0.1) is 10.1 Å². The lowest BCUT2D eigenvalue weighted by Gasteiger charge is -2.23. The number of para-hydroxylation sites is 1. The van der Waals surface area contributed by atoms with Crippen LogP contribution in [0.2, 0.25) is 5.02 Å². The molecule has 2 aromatic rings. The number of nitro groups is 1. The number of carboxylic acids is 1. The number of carbonyl (C=O) groups is 1. The van der Waals surface area contributed by atoms with Crippen LogP contribution in [0.1, 0.15) is 0 Å². The number of nitrogens with zero attached hydrogens (tertiary/aromatic N) is 2. The van der Waals surface area contributed by atoms with E-state index >= 15 is 0 Å². The molecule has 0 aliphatic carbocycles. The summed E-state index contributed by atoms with van der Waals surface area (Å²) >= 11 is 5.97. The molecule has 0 amide bonds. The average Bonchev–Trinajstić information content (AvgIpc) is 2.53. The van der Waals surface area contributed by atoms with Gasteiger partial charge in [-0.15, -0.1) is 0 Å². The van der Waals surface area contributed by atoms with Gasteiger partial charge >= 0.3 is 5.97 Å². The Morgan fingerprint density at radius 2 is 1.75 bits per heavy atom. The van der Waals surface area contributed by atoms with Crippen LogP contribution in [0.5, 0.6) is 0 Å². The summed E-state index contributed by atoms with van der Waals surface area (Å²) in [5, 5.41) is 19.7. The molecule has 0 fully saturated rings. The minimum atomic E-state index is -4.27. The maximum absolute atomic E-state index is 12.7. The molecule has 24 heavy (non-hydrogen) atoms. The number of aliphatic carboxylic acids is 1. The molecule has 0 aliphatic rings. The van der Waals surface area contributed by atoms with Crippen LogP contribution in [-0.2, 0) is 14.8 Å². The summed E-state index contributed by atoms with van der Waals surface area (Å²) in [6, 6.07) is 10.0. The summed E-state index contributed by atoms with van der Waals surface area (Å²) in [5.41, 5.74) is -0.281. The van der Waals surface area contributed by atoms with Crippen molar-refractivity contribution in [2.24, 2.45) is 0 Å². The number of halogens is 1. The molecule has 10 heteroatoms. The largest absolute Gasteiger partial charge is 0.480 e. The van der Waals surface area contributed by atoms with Crippen molar-refractivity contribution in [3.63, 3.8) is 0 Å². The first-order valence-corrected chi connectivity index (χ1v) is 8.29. The zero-order valence-electron chi connectivity index (χ0n) is 12.0. The molecule has 2 rings (SSSR count). The van der Waals surface area contributed by atoms with Crippen LogP contribution in [-0.4, -0.2) is 31.0 Å². The molecule has 0 saturated carbocycles. The van der Waals surface area contributed by atoms with Gasteiger partial charge < -0.3 is 5.11 Å². The molecule has 8 nitrogen and oxygen atoms in total. The molecule has 0 heterocycles. The first-order chi connectivity index (χ1) is 11.2. The van der Waals surface area contributed by atoms with Gasteiger partial charge in [-0.1, -0.05) is 23.7 Å². The van der Waals surface area contributed by atoms with Gasteiger partial charge in [-0.2, -0.15) is 0 Å². The Balaban J connectivity index is 2.53. The first-order valence-electron chi connectivity index (χ1n) is 6.47. The molecule has 2 aromatic carbocycles. The minimum Gasteiger partial charge on any atom is -0.480 e. The van der Waals surface area contributed by atoms with Crippen molar-refractivity contribution < 1.29 is 23.2 Å². The molecule has 0 aromatic heterocycles. The van der Waals surface area contributed by atoms with Crippen molar-refractivity contribution in [1.29, 1.82) is 0 Å². The quantitative estimate of drug-likeness (QED) is 0.616. The second-order valence-corrected chi connectivity index (χ2v) is 6.88. The van der Waals surface area contributed by atoms with Gasteiger partial charge in [-0.25, -0.2) is 8.42 Å². The first kappa shape index (κ1) is 17.7. The van der Waals surface area contributed by atoms with Crippen LogP contribution < -0.4 is 4.31 Å². The van der Waals surface area contributed by atoms with E-state index in [0.29, 0.717) is 4.31 Å². The molecule has 0 aliphatic heterocycles. The lowest BCUT2D eigenvalue weighted by atomic mass is 10.3. The molecule has 126 valence electrons. The standard InChI is InChI=1S/C14H11ClN2O6S/c15-12-3-1-2-4-13(12)16(9-14(18)19)24(22,23)11-7-5-10(6-8-11)17(20)21/h1-8H,9H2,(H,18,19). The summed E-state index contributed by atoms with van der Waals surface area (Å²) in [5.74, 6) is -1.37. The Kier molecular flexibility index (Phi) is 5.05. The van der Waals surface area contributed by atoms with E-state index in [9.17, 15) is 23.3 Å². The third kappa shape index (κ3) is 3.63. The van der Waals surface area contributed by atoms with E-state index in [1.54, 1.807) is 6.07 Å². The maximum Gasteiger partial charge on any atom is 0.324 e. The van der Waals surface area contributed by atoms with Crippen molar-refractivity contribution in [2.45, 2.75) is 4.90 Å². The summed E-state index contributed by atoms with van der Waals surface area (Å²) in [6.45, 7) is -0.844. The fourth-order valence-electron chi connectivity index (χ4n) is 1.94. The zero-order valence-corrected chi connectivity index (χ0v) is 13.6.